The summed E-state index contributed by atoms with van der Waals surface area (Å²) >= 11 is 0. The van der Waals surface area contributed by atoms with Gasteiger partial charge in [0.1, 0.15) is 0 Å². The summed E-state index contributed by atoms with van der Waals surface area (Å²) in [6.45, 7) is 0.345. The summed E-state index contributed by atoms with van der Waals surface area (Å²) in [4.78, 5) is 36.1. The van der Waals surface area contributed by atoms with Crippen molar-refractivity contribution in [1.29, 1.82) is 0 Å². The molecule has 1 aliphatic heterocycles. The Morgan fingerprint density at radius 1 is 1.40 bits per heavy atom. The maximum Gasteiger partial charge on any atom is 0.338 e. The Hall–Kier alpha value is -2.37. The van der Waals surface area contributed by atoms with Crippen LogP contribution in [0.25, 0.3) is 0 Å². The molecule has 2 rings (SSSR count). The first-order valence-corrected chi connectivity index (χ1v) is 6.40. The highest BCUT2D eigenvalue weighted by atomic mass is 16.5. The van der Waals surface area contributed by atoms with Crippen molar-refractivity contribution < 1.29 is 19.1 Å². The van der Waals surface area contributed by atoms with Crippen molar-refractivity contribution in [2.75, 3.05) is 25.1 Å². The van der Waals surface area contributed by atoms with Crippen LogP contribution in [-0.2, 0) is 14.3 Å². The molecule has 1 N–H and O–H groups in total. The van der Waals surface area contributed by atoms with Gasteiger partial charge in [0.2, 0.25) is 5.91 Å². The molecule has 1 aromatic carbocycles. The van der Waals surface area contributed by atoms with E-state index in [4.69, 9.17) is 4.74 Å². The van der Waals surface area contributed by atoms with Crippen LogP contribution in [0.15, 0.2) is 24.3 Å². The van der Waals surface area contributed by atoms with Crippen LogP contribution in [0.4, 0.5) is 5.69 Å². The van der Waals surface area contributed by atoms with Crippen LogP contribution in [-0.4, -0.2) is 38.0 Å². The molecule has 1 fully saturated rings. The molecule has 1 aromatic rings. The molecule has 0 radical (unpaired) electrons. The van der Waals surface area contributed by atoms with Crippen molar-refractivity contribution in [3.05, 3.63) is 29.8 Å². The fourth-order valence-electron chi connectivity index (χ4n) is 2.01. The van der Waals surface area contributed by atoms with Gasteiger partial charge in [-0.15, -0.1) is 0 Å². The van der Waals surface area contributed by atoms with Crippen LogP contribution >= 0.6 is 0 Å². The van der Waals surface area contributed by atoms with Gasteiger partial charge < -0.3 is 15.0 Å². The number of nitrogens with zero attached hydrogens (tertiary/aromatic N) is 1. The lowest BCUT2D eigenvalue weighted by molar-refractivity contribution is -0.123. The van der Waals surface area contributed by atoms with Gasteiger partial charge in [-0.2, -0.15) is 0 Å². The fraction of sp³-hybridized carbons (Fsp3) is 0.357. The minimum atomic E-state index is -0.581. The molecular formula is C14H16N2O4. The highest BCUT2D eigenvalue weighted by molar-refractivity contribution is 5.97. The summed E-state index contributed by atoms with van der Waals surface area (Å²) in [5, 5.41) is 2.36. The molecule has 1 saturated heterocycles. The Kier molecular flexibility index (Phi) is 4.34. The van der Waals surface area contributed by atoms with Crippen LogP contribution < -0.4 is 10.2 Å². The van der Waals surface area contributed by atoms with E-state index in [1.54, 1.807) is 29.2 Å². The number of esters is 1. The lowest BCUT2D eigenvalue weighted by Crippen LogP contribution is -2.25. The number of anilines is 1. The summed E-state index contributed by atoms with van der Waals surface area (Å²) in [6, 6.07) is 6.67. The van der Waals surface area contributed by atoms with E-state index in [9.17, 15) is 14.4 Å². The second-order valence-electron chi connectivity index (χ2n) is 4.45. The van der Waals surface area contributed by atoms with E-state index in [0.29, 0.717) is 24.2 Å². The third kappa shape index (κ3) is 3.14. The quantitative estimate of drug-likeness (QED) is 0.822. The normalized spacial score (nSPS) is 14.2. The van der Waals surface area contributed by atoms with Crippen LogP contribution in [0.1, 0.15) is 23.2 Å². The first-order chi connectivity index (χ1) is 9.61. The zero-order valence-corrected chi connectivity index (χ0v) is 11.2. The van der Waals surface area contributed by atoms with Crippen molar-refractivity contribution >= 4 is 23.5 Å². The average Bonchev–Trinajstić information content (AvgIpc) is 2.90. The summed E-state index contributed by atoms with van der Waals surface area (Å²) in [7, 11) is 1.47. The Morgan fingerprint density at radius 2 is 2.20 bits per heavy atom. The number of benzene rings is 1. The van der Waals surface area contributed by atoms with Crippen LogP contribution in [0.5, 0.6) is 0 Å². The van der Waals surface area contributed by atoms with Gasteiger partial charge in [0.25, 0.3) is 5.91 Å². The van der Waals surface area contributed by atoms with Crippen LogP contribution in [0.2, 0.25) is 0 Å². The van der Waals surface area contributed by atoms with Gasteiger partial charge in [-0.05, 0) is 24.6 Å². The number of ether oxygens (including phenoxy) is 1. The SMILES string of the molecule is CNC(=O)COC(=O)c1cccc(N2CCCC2=O)c1. The number of rotatable bonds is 4. The summed E-state index contributed by atoms with van der Waals surface area (Å²) in [5.74, 6) is -0.896. The third-order valence-corrected chi connectivity index (χ3v) is 3.08. The number of likely N-dealkylation sites (N-methyl/N-ethyl adjacent to an activating group) is 1. The minimum absolute atomic E-state index is 0.0564. The highest BCUT2D eigenvalue weighted by Crippen LogP contribution is 2.22. The van der Waals surface area contributed by atoms with Gasteiger partial charge in [-0.1, -0.05) is 6.07 Å². The maximum atomic E-state index is 11.8. The monoisotopic (exact) mass is 276 g/mol. The summed E-state index contributed by atoms with van der Waals surface area (Å²) in [5.41, 5.74) is 1.01. The van der Waals surface area contributed by atoms with Crippen molar-refractivity contribution in [3.63, 3.8) is 0 Å². The van der Waals surface area contributed by atoms with Crippen LogP contribution in [0, 0.1) is 0 Å². The van der Waals surface area contributed by atoms with Gasteiger partial charge in [0.05, 0.1) is 5.56 Å². The summed E-state index contributed by atoms with van der Waals surface area (Å²) in [6.07, 6.45) is 1.36. The van der Waals surface area contributed by atoms with E-state index in [-0.39, 0.29) is 18.4 Å². The van der Waals surface area contributed by atoms with E-state index >= 15 is 0 Å². The lowest BCUT2D eigenvalue weighted by atomic mass is 10.2. The Balaban J connectivity index is 2.07. The molecule has 0 atom stereocenters. The van der Waals surface area contributed by atoms with Crippen molar-refractivity contribution in [1.82, 2.24) is 5.32 Å². The predicted molar refractivity (Wildman–Crippen MR) is 72.4 cm³/mol. The lowest BCUT2D eigenvalue weighted by Gasteiger charge is -2.16. The molecule has 0 aliphatic carbocycles. The average molecular weight is 276 g/mol. The molecule has 6 nitrogen and oxygen atoms in total. The molecular weight excluding hydrogens is 260 g/mol. The molecule has 0 aromatic heterocycles. The topological polar surface area (TPSA) is 75.7 Å². The number of amides is 2. The number of hydrogen-bond acceptors (Lipinski definition) is 4. The Morgan fingerprint density at radius 3 is 2.85 bits per heavy atom. The van der Waals surface area contributed by atoms with Crippen LogP contribution in [0.3, 0.4) is 0 Å². The van der Waals surface area contributed by atoms with E-state index in [1.807, 2.05) is 0 Å². The van der Waals surface area contributed by atoms with Gasteiger partial charge >= 0.3 is 5.97 Å². The van der Waals surface area contributed by atoms with Crippen molar-refractivity contribution in [2.45, 2.75) is 12.8 Å². The van der Waals surface area contributed by atoms with E-state index in [0.717, 1.165) is 6.42 Å². The standard InChI is InChI=1S/C14H16N2O4/c1-15-12(17)9-20-14(19)10-4-2-5-11(8-10)16-7-3-6-13(16)18/h2,4-5,8H,3,6-7,9H2,1H3,(H,15,17). The number of carbonyl (C=O) groups excluding carboxylic acids is 3. The largest absolute Gasteiger partial charge is 0.452 e. The highest BCUT2D eigenvalue weighted by Gasteiger charge is 2.22. The molecule has 2 amide bonds. The first-order valence-electron chi connectivity index (χ1n) is 6.40. The molecule has 0 saturated carbocycles. The smallest absolute Gasteiger partial charge is 0.338 e. The third-order valence-electron chi connectivity index (χ3n) is 3.08. The molecule has 106 valence electrons. The van der Waals surface area contributed by atoms with Crippen molar-refractivity contribution in [3.8, 4) is 0 Å². The molecule has 1 aliphatic rings. The second-order valence-corrected chi connectivity index (χ2v) is 4.45. The van der Waals surface area contributed by atoms with E-state index < -0.39 is 5.97 Å². The molecule has 6 heteroatoms. The van der Waals surface area contributed by atoms with E-state index in [2.05, 4.69) is 5.32 Å². The maximum absolute atomic E-state index is 11.8. The predicted octanol–water partition coefficient (Wildman–Crippen LogP) is 0.716. The molecule has 1 heterocycles. The summed E-state index contributed by atoms with van der Waals surface area (Å²) < 4.78 is 4.87. The minimum Gasteiger partial charge on any atom is -0.452 e. The first kappa shape index (κ1) is 14.0. The molecule has 20 heavy (non-hydrogen) atoms. The van der Waals surface area contributed by atoms with Gasteiger partial charge in [-0.25, -0.2) is 4.79 Å². The zero-order valence-electron chi connectivity index (χ0n) is 11.2. The van der Waals surface area contributed by atoms with Gasteiger partial charge in [0, 0.05) is 25.7 Å². The van der Waals surface area contributed by atoms with Gasteiger partial charge in [-0.3, -0.25) is 9.59 Å². The Labute approximate surface area is 116 Å². The number of nitrogens with one attached hydrogen (secondary N) is 1. The second kappa shape index (κ2) is 6.18. The number of carbonyl (C=O) groups is 3. The zero-order chi connectivity index (χ0) is 14.5. The fourth-order valence-corrected chi connectivity index (χ4v) is 2.01. The van der Waals surface area contributed by atoms with E-state index in [1.165, 1.54) is 7.05 Å². The Bertz CT molecular complexity index is 542. The molecule has 0 spiro atoms. The van der Waals surface area contributed by atoms with Gasteiger partial charge in [0.15, 0.2) is 6.61 Å². The molecule has 0 unspecified atom stereocenters. The van der Waals surface area contributed by atoms with Crippen molar-refractivity contribution in [2.24, 2.45) is 0 Å². The number of hydrogen-bond donors (Lipinski definition) is 1. The molecule has 0 bridgehead atoms.